The molecule has 22 heavy (non-hydrogen) atoms. The van der Waals surface area contributed by atoms with Crippen molar-refractivity contribution in [2.75, 3.05) is 5.32 Å². The monoisotopic (exact) mass is 379 g/mol. The summed E-state index contributed by atoms with van der Waals surface area (Å²) in [5.74, 6) is 0. The lowest BCUT2D eigenvalue weighted by molar-refractivity contribution is 0.597. The number of rotatable bonds is 4. The number of sulfonamides is 1. The fourth-order valence-electron chi connectivity index (χ4n) is 2.01. The smallest absolute Gasteiger partial charge is 0.238 e. The van der Waals surface area contributed by atoms with Gasteiger partial charge in [0.25, 0.3) is 0 Å². The van der Waals surface area contributed by atoms with Gasteiger partial charge in [-0.25, -0.2) is 13.6 Å². The van der Waals surface area contributed by atoms with Crippen molar-refractivity contribution in [2.24, 2.45) is 5.14 Å². The van der Waals surface area contributed by atoms with Gasteiger partial charge >= 0.3 is 0 Å². The Kier molecular flexibility index (Phi) is 4.86. The standard InChI is InChI=1S/C15H14BrN3O2S/c1-10(11-3-2-4-14(8-11)22(18,20)21)19-15-6-5-13(16)7-12(15)9-17/h2-8,10,19H,1H3,(H2,18,20,21). The highest BCUT2D eigenvalue weighted by molar-refractivity contribution is 9.10. The summed E-state index contributed by atoms with van der Waals surface area (Å²) in [6, 6.07) is 13.7. The molecule has 0 heterocycles. The van der Waals surface area contributed by atoms with Crippen LogP contribution in [0, 0.1) is 11.3 Å². The van der Waals surface area contributed by atoms with E-state index in [0.717, 1.165) is 10.0 Å². The maximum atomic E-state index is 11.4. The molecule has 0 aliphatic heterocycles. The van der Waals surface area contributed by atoms with Gasteiger partial charge in [0.05, 0.1) is 16.1 Å². The van der Waals surface area contributed by atoms with Gasteiger partial charge in [-0.1, -0.05) is 28.1 Å². The first kappa shape index (κ1) is 16.5. The number of nitrogens with zero attached hydrogens (tertiary/aromatic N) is 1. The van der Waals surface area contributed by atoms with E-state index in [4.69, 9.17) is 5.14 Å². The Bertz CT molecular complexity index is 844. The molecule has 2 rings (SSSR count). The zero-order chi connectivity index (χ0) is 16.3. The van der Waals surface area contributed by atoms with Crippen LogP contribution in [0.2, 0.25) is 0 Å². The van der Waals surface area contributed by atoms with Crippen LogP contribution in [0.15, 0.2) is 51.8 Å². The average molecular weight is 380 g/mol. The number of nitrogens with two attached hydrogens (primary N) is 1. The molecule has 0 bridgehead atoms. The number of halogens is 1. The zero-order valence-electron chi connectivity index (χ0n) is 11.7. The van der Waals surface area contributed by atoms with Crippen LogP contribution in [0.25, 0.3) is 0 Å². The molecule has 0 amide bonds. The van der Waals surface area contributed by atoms with E-state index in [1.54, 1.807) is 24.3 Å². The first-order valence-electron chi connectivity index (χ1n) is 6.40. The second kappa shape index (κ2) is 6.48. The van der Waals surface area contributed by atoms with Crippen LogP contribution < -0.4 is 10.5 Å². The summed E-state index contributed by atoms with van der Waals surface area (Å²) in [6.07, 6.45) is 0. The predicted octanol–water partition coefficient (Wildman–Crippen LogP) is 3.14. The summed E-state index contributed by atoms with van der Waals surface area (Å²) in [5, 5.41) is 17.5. The minimum absolute atomic E-state index is 0.0648. The molecule has 0 saturated heterocycles. The van der Waals surface area contributed by atoms with Crippen molar-refractivity contribution in [3.63, 3.8) is 0 Å². The molecule has 0 saturated carbocycles. The fraction of sp³-hybridized carbons (Fsp3) is 0.133. The molecule has 1 unspecified atom stereocenters. The van der Waals surface area contributed by atoms with E-state index in [9.17, 15) is 13.7 Å². The lowest BCUT2D eigenvalue weighted by atomic mass is 10.1. The van der Waals surface area contributed by atoms with Crippen molar-refractivity contribution in [3.8, 4) is 6.07 Å². The van der Waals surface area contributed by atoms with Crippen molar-refractivity contribution in [1.82, 2.24) is 0 Å². The van der Waals surface area contributed by atoms with Crippen LogP contribution in [-0.4, -0.2) is 8.42 Å². The van der Waals surface area contributed by atoms with Gasteiger partial charge in [-0.15, -0.1) is 0 Å². The van der Waals surface area contributed by atoms with E-state index in [2.05, 4.69) is 27.3 Å². The predicted molar refractivity (Wildman–Crippen MR) is 88.7 cm³/mol. The molecule has 0 spiro atoms. The highest BCUT2D eigenvalue weighted by Crippen LogP contribution is 2.25. The summed E-state index contributed by atoms with van der Waals surface area (Å²) in [5.41, 5.74) is 1.95. The third-order valence-corrected chi connectivity index (χ3v) is 4.56. The number of hydrogen-bond donors (Lipinski definition) is 2. The second-order valence-corrected chi connectivity index (χ2v) is 7.26. The lowest BCUT2D eigenvalue weighted by Gasteiger charge is -2.17. The first-order valence-corrected chi connectivity index (χ1v) is 8.74. The molecule has 7 heteroatoms. The van der Waals surface area contributed by atoms with Crippen molar-refractivity contribution >= 4 is 31.6 Å². The summed E-state index contributed by atoms with van der Waals surface area (Å²) >= 11 is 3.32. The molecule has 2 aromatic carbocycles. The molecule has 3 N–H and O–H groups in total. The van der Waals surface area contributed by atoms with E-state index in [1.807, 2.05) is 13.0 Å². The number of anilines is 1. The SMILES string of the molecule is CC(Nc1ccc(Br)cc1C#N)c1cccc(S(N)(=O)=O)c1. The van der Waals surface area contributed by atoms with Crippen molar-refractivity contribution < 1.29 is 8.42 Å². The number of nitrogens with one attached hydrogen (secondary N) is 1. The summed E-state index contributed by atoms with van der Waals surface area (Å²) < 4.78 is 23.6. The van der Waals surface area contributed by atoms with Gasteiger partial charge in [0, 0.05) is 10.5 Å². The quantitative estimate of drug-likeness (QED) is 0.852. The molecule has 0 aliphatic carbocycles. The van der Waals surface area contributed by atoms with Gasteiger partial charge in [-0.05, 0) is 42.8 Å². The molecular formula is C15H14BrN3O2S. The van der Waals surface area contributed by atoms with E-state index in [0.29, 0.717) is 11.3 Å². The van der Waals surface area contributed by atoms with Crippen LogP contribution in [-0.2, 0) is 10.0 Å². The Morgan fingerprint density at radius 2 is 2.00 bits per heavy atom. The van der Waals surface area contributed by atoms with Crippen LogP contribution in [0.3, 0.4) is 0 Å². The lowest BCUT2D eigenvalue weighted by Crippen LogP contribution is -2.14. The Morgan fingerprint density at radius 1 is 1.27 bits per heavy atom. The normalized spacial score (nSPS) is 12.5. The number of nitriles is 1. The number of hydrogen-bond acceptors (Lipinski definition) is 4. The third kappa shape index (κ3) is 3.85. The molecule has 2 aromatic rings. The summed E-state index contributed by atoms with van der Waals surface area (Å²) in [6.45, 7) is 1.88. The van der Waals surface area contributed by atoms with Gasteiger partial charge in [-0.2, -0.15) is 5.26 Å². The van der Waals surface area contributed by atoms with Crippen LogP contribution in [0.5, 0.6) is 0 Å². The summed E-state index contributed by atoms with van der Waals surface area (Å²) in [7, 11) is -3.74. The van der Waals surface area contributed by atoms with Crippen molar-refractivity contribution in [1.29, 1.82) is 5.26 Å². The maximum absolute atomic E-state index is 11.4. The largest absolute Gasteiger partial charge is 0.377 e. The van der Waals surface area contributed by atoms with Crippen LogP contribution in [0.4, 0.5) is 5.69 Å². The molecule has 0 aromatic heterocycles. The molecule has 0 radical (unpaired) electrons. The average Bonchev–Trinajstić information content (AvgIpc) is 2.48. The van der Waals surface area contributed by atoms with Gasteiger partial charge in [0.2, 0.25) is 10.0 Å². The highest BCUT2D eigenvalue weighted by Gasteiger charge is 2.13. The molecule has 5 nitrogen and oxygen atoms in total. The second-order valence-electron chi connectivity index (χ2n) is 4.79. The highest BCUT2D eigenvalue weighted by atomic mass is 79.9. The maximum Gasteiger partial charge on any atom is 0.238 e. The van der Waals surface area contributed by atoms with Gasteiger partial charge < -0.3 is 5.32 Å². The molecule has 0 fully saturated rings. The van der Waals surface area contributed by atoms with Crippen LogP contribution in [0.1, 0.15) is 24.1 Å². The molecule has 0 aliphatic rings. The summed E-state index contributed by atoms with van der Waals surface area (Å²) in [4.78, 5) is 0.0648. The Morgan fingerprint density at radius 3 is 2.64 bits per heavy atom. The number of primary sulfonamides is 1. The van der Waals surface area contributed by atoms with Crippen molar-refractivity contribution in [2.45, 2.75) is 17.9 Å². The van der Waals surface area contributed by atoms with E-state index in [1.165, 1.54) is 12.1 Å². The van der Waals surface area contributed by atoms with Gasteiger partial charge in [-0.3, -0.25) is 0 Å². The third-order valence-electron chi connectivity index (χ3n) is 3.16. The molecular weight excluding hydrogens is 366 g/mol. The Labute approximate surface area is 137 Å². The minimum atomic E-state index is -3.74. The Balaban J connectivity index is 2.31. The molecule has 114 valence electrons. The van der Waals surface area contributed by atoms with Gasteiger partial charge in [0.15, 0.2) is 0 Å². The number of benzene rings is 2. The fourth-order valence-corrected chi connectivity index (χ4v) is 2.94. The van der Waals surface area contributed by atoms with E-state index in [-0.39, 0.29) is 10.9 Å². The topological polar surface area (TPSA) is 96.0 Å². The zero-order valence-corrected chi connectivity index (χ0v) is 14.1. The van der Waals surface area contributed by atoms with E-state index >= 15 is 0 Å². The first-order chi connectivity index (χ1) is 10.3. The van der Waals surface area contributed by atoms with Crippen LogP contribution >= 0.6 is 15.9 Å². The van der Waals surface area contributed by atoms with Crippen molar-refractivity contribution in [3.05, 3.63) is 58.1 Å². The molecule has 1 atom stereocenters. The minimum Gasteiger partial charge on any atom is -0.377 e. The van der Waals surface area contributed by atoms with E-state index < -0.39 is 10.0 Å². The Hall–Kier alpha value is -1.88. The van der Waals surface area contributed by atoms with Gasteiger partial charge in [0.1, 0.15) is 6.07 Å².